The van der Waals surface area contributed by atoms with Crippen molar-refractivity contribution < 1.29 is 14.7 Å². The largest absolute Gasteiger partial charge is 0.502 e. The van der Waals surface area contributed by atoms with Gasteiger partial charge in [0.1, 0.15) is 11.7 Å². The summed E-state index contributed by atoms with van der Waals surface area (Å²) in [6, 6.07) is 3.96. The molecule has 0 aliphatic carbocycles. The molecule has 170 valence electrons. The van der Waals surface area contributed by atoms with E-state index in [2.05, 4.69) is 9.24 Å². The molecule has 0 saturated carbocycles. The normalized spacial score (nSPS) is 17.8. The van der Waals surface area contributed by atoms with Crippen LogP contribution in [0.3, 0.4) is 0 Å². The number of carbonyl (C=O) groups is 2. The summed E-state index contributed by atoms with van der Waals surface area (Å²) in [5.41, 5.74) is 2.16. The summed E-state index contributed by atoms with van der Waals surface area (Å²) in [4.78, 5) is 42.1. The minimum absolute atomic E-state index is 0.0858. The van der Waals surface area contributed by atoms with E-state index in [1.165, 1.54) is 15.8 Å². The van der Waals surface area contributed by atoms with E-state index in [9.17, 15) is 19.5 Å². The Bertz CT molecular complexity index is 1180. The maximum absolute atomic E-state index is 13.3. The third-order valence-corrected chi connectivity index (χ3v) is 7.41. The van der Waals surface area contributed by atoms with Gasteiger partial charge in [-0.3, -0.25) is 24.1 Å². The van der Waals surface area contributed by atoms with Crippen molar-refractivity contribution in [2.45, 2.75) is 45.8 Å². The van der Waals surface area contributed by atoms with Crippen LogP contribution in [0.5, 0.6) is 5.75 Å². The van der Waals surface area contributed by atoms with Crippen molar-refractivity contribution in [1.82, 2.24) is 14.5 Å². The standard InChI is InChI=1S/C23H29N4O4P/c1-13-14(2)17(32)9-8-15(13)11-24(3)22(30)16-12-27-19(21(29)20(16)28)23(31)25(4)18-7-5-6-10-26(18)27/h8-9,12,18,29H,5-7,10-11,32H2,1-4H3/t18-/m0/s1. The summed E-state index contributed by atoms with van der Waals surface area (Å²) in [6.07, 6.45) is 3.97. The van der Waals surface area contributed by atoms with Gasteiger partial charge in [-0.15, -0.1) is 9.24 Å². The molecule has 2 atom stereocenters. The molecule has 1 aromatic heterocycles. The van der Waals surface area contributed by atoms with Crippen LogP contribution >= 0.6 is 9.24 Å². The number of carbonyl (C=O) groups excluding carboxylic acids is 2. The van der Waals surface area contributed by atoms with Crippen molar-refractivity contribution in [2.75, 3.05) is 25.6 Å². The first-order valence-corrected chi connectivity index (χ1v) is 11.3. The summed E-state index contributed by atoms with van der Waals surface area (Å²) in [5.74, 6) is -1.59. The Kier molecular flexibility index (Phi) is 5.76. The first-order valence-electron chi connectivity index (χ1n) is 10.8. The molecule has 2 amide bonds. The summed E-state index contributed by atoms with van der Waals surface area (Å²) < 4.78 is 1.52. The van der Waals surface area contributed by atoms with Gasteiger partial charge in [0.2, 0.25) is 5.43 Å². The molecule has 0 spiro atoms. The van der Waals surface area contributed by atoms with Crippen LogP contribution in [0.1, 0.15) is 56.8 Å². The third-order valence-electron chi connectivity index (χ3n) is 6.78. The van der Waals surface area contributed by atoms with Gasteiger partial charge in [0.25, 0.3) is 11.8 Å². The molecule has 2 aromatic rings. The van der Waals surface area contributed by atoms with Crippen molar-refractivity contribution in [1.29, 1.82) is 0 Å². The highest BCUT2D eigenvalue weighted by Crippen LogP contribution is 2.29. The van der Waals surface area contributed by atoms with Gasteiger partial charge < -0.3 is 14.9 Å². The highest BCUT2D eigenvalue weighted by Gasteiger charge is 2.40. The molecule has 0 bridgehead atoms. The number of rotatable bonds is 3. The van der Waals surface area contributed by atoms with Crippen molar-refractivity contribution in [3.63, 3.8) is 0 Å². The van der Waals surface area contributed by atoms with Gasteiger partial charge in [0.15, 0.2) is 11.4 Å². The van der Waals surface area contributed by atoms with Gasteiger partial charge >= 0.3 is 0 Å². The average molecular weight is 456 g/mol. The molecule has 2 aliphatic rings. The number of benzene rings is 1. The SMILES string of the molecule is Cc1c(P)ccc(CN(C)C(=O)c2cn3c(c(O)c2=O)C(=O)N(C)[C@@H]2CCCCN23)c1C. The lowest BCUT2D eigenvalue weighted by Crippen LogP contribution is -2.61. The Balaban J connectivity index is 1.73. The zero-order valence-corrected chi connectivity index (χ0v) is 20.0. The number of hydrogen-bond donors (Lipinski definition) is 1. The number of hydrogen-bond acceptors (Lipinski definition) is 5. The third kappa shape index (κ3) is 3.47. The molecule has 8 nitrogen and oxygen atoms in total. The second-order valence-electron chi connectivity index (χ2n) is 8.69. The van der Waals surface area contributed by atoms with Crippen molar-refractivity contribution in [2.24, 2.45) is 0 Å². The van der Waals surface area contributed by atoms with E-state index in [-0.39, 0.29) is 17.4 Å². The van der Waals surface area contributed by atoms with Gasteiger partial charge in [-0.05, 0) is 55.1 Å². The van der Waals surface area contributed by atoms with Gasteiger partial charge in [-0.2, -0.15) is 0 Å². The van der Waals surface area contributed by atoms with Gasteiger partial charge in [0, 0.05) is 33.4 Å². The fraction of sp³-hybridized carbons (Fsp3) is 0.435. The maximum Gasteiger partial charge on any atom is 0.277 e. The predicted octanol–water partition coefficient (Wildman–Crippen LogP) is 1.48. The lowest BCUT2D eigenvalue weighted by Gasteiger charge is -2.47. The summed E-state index contributed by atoms with van der Waals surface area (Å²) in [5, 5.41) is 13.7. The first kappa shape index (κ1) is 22.3. The molecule has 1 N–H and O–H groups in total. The predicted molar refractivity (Wildman–Crippen MR) is 126 cm³/mol. The van der Waals surface area contributed by atoms with Crippen molar-refractivity contribution in [3.8, 4) is 5.75 Å². The molecule has 1 aromatic carbocycles. The lowest BCUT2D eigenvalue weighted by atomic mass is 10.0. The first-order chi connectivity index (χ1) is 15.1. The Morgan fingerprint density at radius 3 is 2.66 bits per heavy atom. The highest BCUT2D eigenvalue weighted by molar-refractivity contribution is 7.27. The molecule has 2 aliphatic heterocycles. The number of aromatic nitrogens is 1. The van der Waals surface area contributed by atoms with E-state index in [0.717, 1.165) is 41.3 Å². The molecule has 32 heavy (non-hydrogen) atoms. The van der Waals surface area contributed by atoms with Gasteiger partial charge in [0.05, 0.1) is 0 Å². The molecular weight excluding hydrogens is 427 g/mol. The quantitative estimate of drug-likeness (QED) is 0.708. The zero-order chi connectivity index (χ0) is 23.3. The number of pyridine rings is 1. The number of amides is 2. The lowest BCUT2D eigenvalue weighted by molar-refractivity contribution is 0.0589. The molecule has 0 radical (unpaired) electrons. The van der Waals surface area contributed by atoms with Crippen LogP contribution in [0.15, 0.2) is 23.1 Å². The smallest absolute Gasteiger partial charge is 0.277 e. The maximum atomic E-state index is 13.3. The van der Waals surface area contributed by atoms with Crippen LogP contribution in [-0.4, -0.2) is 58.2 Å². The number of nitrogens with zero attached hydrogens (tertiary/aromatic N) is 4. The van der Waals surface area contributed by atoms with Gasteiger partial charge in [-0.1, -0.05) is 12.1 Å². The number of piperidine rings is 1. The van der Waals surface area contributed by atoms with Crippen molar-refractivity contribution >= 4 is 26.4 Å². The summed E-state index contributed by atoms with van der Waals surface area (Å²) in [7, 11) is 6.01. The van der Waals surface area contributed by atoms with Gasteiger partial charge in [-0.25, -0.2) is 0 Å². The Labute approximate surface area is 189 Å². The van der Waals surface area contributed by atoms with E-state index in [1.807, 2.05) is 31.0 Å². The number of aromatic hydroxyl groups is 1. The highest BCUT2D eigenvalue weighted by atomic mass is 31.0. The average Bonchev–Trinajstić information content (AvgIpc) is 2.79. The van der Waals surface area contributed by atoms with E-state index in [4.69, 9.17) is 0 Å². The Morgan fingerprint density at radius 2 is 1.94 bits per heavy atom. The van der Waals surface area contributed by atoms with E-state index in [1.54, 1.807) is 19.0 Å². The summed E-state index contributed by atoms with van der Waals surface area (Å²) in [6.45, 7) is 5.03. The molecule has 9 heteroatoms. The van der Waals surface area contributed by atoms with Crippen LogP contribution in [-0.2, 0) is 6.54 Å². The van der Waals surface area contributed by atoms with Crippen LogP contribution < -0.4 is 15.7 Å². The molecule has 4 rings (SSSR count). The van der Waals surface area contributed by atoms with Crippen LogP contribution in [0, 0.1) is 13.8 Å². The minimum atomic E-state index is -0.821. The fourth-order valence-electron chi connectivity index (χ4n) is 4.59. The molecule has 1 saturated heterocycles. The molecular formula is C23H29N4O4P. The molecule has 3 heterocycles. The Hall–Kier alpha value is -2.86. The van der Waals surface area contributed by atoms with E-state index < -0.39 is 23.0 Å². The van der Waals surface area contributed by atoms with E-state index in [0.29, 0.717) is 13.1 Å². The van der Waals surface area contributed by atoms with E-state index >= 15 is 0 Å². The van der Waals surface area contributed by atoms with Crippen LogP contribution in [0.2, 0.25) is 0 Å². The van der Waals surface area contributed by atoms with Crippen molar-refractivity contribution in [3.05, 3.63) is 56.5 Å². The van der Waals surface area contributed by atoms with Crippen LogP contribution in [0.25, 0.3) is 0 Å². The Morgan fingerprint density at radius 1 is 1.22 bits per heavy atom. The fourth-order valence-corrected chi connectivity index (χ4v) is 4.90. The second kappa shape index (κ2) is 8.24. The second-order valence-corrected chi connectivity index (χ2v) is 9.32. The zero-order valence-electron chi connectivity index (χ0n) is 18.9. The molecule has 1 fully saturated rings. The summed E-state index contributed by atoms with van der Waals surface area (Å²) >= 11 is 0. The molecule has 1 unspecified atom stereocenters. The number of fused-ring (bicyclic) bond motifs is 3. The topological polar surface area (TPSA) is 86.1 Å². The monoisotopic (exact) mass is 456 g/mol. The van der Waals surface area contributed by atoms with Crippen LogP contribution in [0.4, 0.5) is 0 Å². The minimum Gasteiger partial charge on any atom is -0.502 e.